The number of benzene rings is 2. The molecule has 2 aromatic rings. The highest BCUT2D eigenvalue weighted by atomic mass is 79.9. The van der Waals surface area contributed by atoms with Crippen LogP contribution in [0, 0.1) is 24.1 Å². The van der Waals surface area contributed by atoms with E-state index < -0.39 is 6.04 Å². The number of nitrogens with zero attached hydrogens (tertiary/aromatic N) is 1. The average molecular weight is 319 g/mol. The molecular formula is C15H12BrFN2. The lowest BCUT2D eigenvalue weighted by molar-refractivity contribution is 0.625. The Morgan fingerprint density at radius 1 is 1.26 bits per heavy atom. The van der Waals surface area contributed by atoms with Crippen LogP contribution in [0.25, 0.3) is 0 Å². The van der Waals surface area contributed by atoms with E-state index >= 15 is 0 Å². The Labute approximate surface area is 120 Å². The second kappa shape index (κ2) is 5.85. The van der Waals surface area contributed by atoms with Crippen molar-refractivity contribution in [3.63, 3.8) is 0 Å². The Bertz CT molecular complexity index is 634. The Morgan fingerprint density at radius 2 is 2.00 bits per heavy atom. The van der Waals surface area contributed by atoms with Crippen LogP contribution in [0.15, 0.2) is 46.9 Å². The van der Waals surface area contributed by atoms with Crippen LogP contribution in [0.4, 0.5) is 10.1 Å². The van der Waals surface area contributed by atoms with Gasteiger partial charge in [-0.05, 0) is 30.7 Å². The van der Waals surface area contributed by atoms with Crippen molar-refractivity contribution in [3.8, 4) is 6.07 Å². The third-order valence-electron chi connectivity index (χ3n) is 2.85. The Balaban J connectivity index is 2.31. The van der Waals surface area contributed by atoms with E-state index in [0.29, 0.717) is 10.0 Å². The van der Waals surface area contributed by atoms with Gasteiger partial charge in [0.25, 0.3) is 0 Å². The van der Waals surface area contributed by atoms with Crippen molar-refractivity contribution in [3.05, 3.63) is 63.9 Å². The zero-order valence-corrected chi connectivity index (χ0v) is 11.9. The summed E-state index contributed by atoms with van der Waals surface area (Å²) in [4.78, 5) is 0. The molecule has 1 N–H and O–H groups in total. The van der Waals surface area contributed by atoms with Gasteiger partial charge in [0, 0.05) is 15.7 Å². The SMILES string of the molecule is Cc1ccccc1NC(C#N)c1ccc(F)cc1Br. The summed E-state index contributed by atoms with van der Waals surface area (Å²) in [5, 5.41) is 12.5. The highest BCUT2D eigenvalue weighted by Crippen LogP contribution is 2.28. The van der Waals surface area contributed by atoms with E-state index in [1.54, 1.807) is 6.07 Å². The molecule has 96 valence electrons. The third kappa shape index (κ3) is 3.12. The molecule has 0 aromatic heterocycles. The van der Waals surface area contributed by atoms with Crippen molar-refractivity contribution in [2.45, 2.75) is 13.0 Å². The van der Waals surface area contributed by atoms with E-state index in [9.17, 15) is 9.65 Å². The van der Waals surface area contributed by atoms with Crippen molar-refractivity contribution >= 4 is 21.6 Å². The first-order valence-electron chi connectivity index (χ1n) is 5.78. The summed E-state index contributed by atoms with van der Waals surface area (Å²) in [6, 6.07) is 13.7. The summed E-state index contributed by atoms with van der Waals surface area (Å²) < 4.78 is 13.7. The summed E-state index contributed by atoms with van der Waals surface area (Å²) in [5.74, 6) is -0.330. The molecule has 0 aliphatic heterocycles. The van der Waals surface area contributed by atoms with Crippen molar-refractivity contribution in [2.75, 3.05) is 5.32 Å². The molecule has 19 heavy (non-hydrogen) atoms. The first-order chi connectivity index (χ1) is 9.11. The van der Waals surface area contributed by atoms with Gasteiger partial charge in [0.1, 0.15) is 11.9 Å². The lowest BCUT2D eigenvalue weighted by atomic mass is 10.1. The molecule has 4 heteroatoms. The van der Waals surface area contributed by atoms with Crippen LogP contribution < -0.4 is 5.32 Å². The van der Waals surface area contributed by atoms with Crippen molar-refractivity contribution in [2.24, 2.45) is 0 Å². The second-order valence-electron chi connectivity index (χ2n) is 4.19. The van der Waals surface area contributed by atoms with E-state index in [0.717, 1.165) is 11.3 Å². The lowest BCUT2D eigenvalue weighted by Crippen LogP contribution is -2.10. The van der Waals surface area contributed by atoms with Gasteiger partial charge in [-0.15, -0.1) is 0 Å². The van der Waals surface area contributed by atoms with E-state index in [1.165, 1.54) is 12.1 Å². The molecule has 0 aliphatic carbocycles. The average Bonchev–Trinajstić information content (AvgIpc) is 2.39. The maximum atomic E-state index is 13.1. The van der Waals surface area contributed by atoms with Gasteiger partial charge in [-0.25, -0.2) is 4.39 Å². The smallest absolute Gasteiger partial charge is 0.141 e. The molecule has 0 saturated carbocycles. The highest BCUT2D eigenvalue weighted by Gasteiger charge is 2.14. The van der Waals surface area contributed by atoms with Crippen molar-refractivity contribution in [1.82, 2.24) is 0 Å². The number of nitriles is 1. The summed E-state index contributed by atoms with van der Waals surface area (Å²) in [5.41, 5.74) is 2.67. The lowest BCUT2D eigenvalue weighted by Gasteiger charge is -2.16. The molecule has 0 spiro atoms. The van der Waals surface area contributed by atoms with Gasteiger partial charge in [-0.1, -0.05) is 40.2 Å². The number of rotatable bonds is 3. The standard InChI is InChI=1S/C15H12BrFN2/c1-10-4-2-3-5-14(10)19-15(9-18)12-7-6-11(17)8-13(12)16/h2-8,15,19H,1H3. The fourth-order valence-corrected chi connectivity index (χ4v) is 2.39. The Kier molecular flexibility index (Phi) is 4.18. The van der Waals surface area contributed by atoms with Crippen LogP contribution in [0.2, 0.25) is 0 Å². The topological polar surface area (TPSA) is 35.8 Å². The number of hydrogen-bond acceptors (Lipinski definition) is 2. The molecule has 2 rings (SSSR count). The highest BCUT2D eigenvalue weighted by molar-refractivity contribution is 9.10. The minimum atomic E-state index is -0.531. The van der Waals surface area contributed by atoms with Crippen molar-refractivity contribution in [1.29, 1.82) is 5.26 Å². The molecule has 0 heterocycles. The number of halogens is 2. The van der Waals surface area contributed by atoms with E-state index in [-0.39, 0.29) is 5.82 Å². The maximum Gasteiger partial charge on any atom is 0.141 e. The van der Waals surface area contributed by atoms with E-state index in [1.807, 2.05) is 31.2 Å². The summed E-state index contributed by atoms with van der Waals surface area (Å²) in [7, 11) is 0. The van der Waals surface area contributed by atoms with Crippen LogP contribution in [0.1, 0.15) is 17.2 Å². The van der Waals surface area contributed by atoms with Crippen LogP contribution >= 0.6 is 15.9 Å². The summed E-state index contributed by atoms with van der Waals surface area (Å²) in [6.07, 6.45) is 0. The van der Waals surface area contributed by atoms with E-state index in [2.05, 4.69) is 27.3 Å². The van der Waals surface area contributed by atoms with Gasteiger partial charge in [0.15, 0.2) is 0 Å². The predicted octanol–water partition coefficient (Wildman–Crippen LogP) is 4.57. The normalized spacial score (nSPS) is 11.7. The molecule has 2 nitrogen and oxygen atoms in total. The van der Waals surface area contributed by atoms with Gasteiger partial charge in [-0.2, -0.15) is 5.26 Å². The molecule has 0 radical (unpaired) electrons. The van der Waals surface area contributed by atoms with Crippen LogP contribution in [0.5, 0.6) is 0 Å². The third-order valence-corrected chi connectivity index (χ3v) is 3.53. The predicted molar refractivity (Wildman–Crippen MR) is 77.3 cm³/mol. The minimum absolute atomic E-state index is 0.330. The first kappa shape index (κ1) is 13.6. The van der Waals surface area contributed by atoms with Gasteiger partial charge >= 0.3 is 0 Å². The quantitative estimate of drug-likeness (QED) is 0.899. The molecule has 0 fully saturated rings. The fraction of sp³-hybridized carbons (Fsp3) is 0.133. The van der Waals surface area contributed by atoms with Gasteiger partial charge in [-0.3, -0.25) is 0 Å². The van der Waals surface area contributed by atoms with Crippen LogP contribution in [-0.2, 0) is 0 Å². The van der Waals surface area contributed by atoms with Crippen LogP contribution in [0.3, 0.4) is 0 Å². The minimum Gasteiger partial charge on any atom is -0.366 e. The number of para-hydroxylation sites is 1. The number of nitrogens with one attached hydrogen (secondary N) is 1. The molecule has 1 unspecified atom stereocenters. The molecule has 0 amide bonds. The molecule has 0 bridgehead atoms. The van der Waals surface area contributed by atoms with E-state index in [4.69, 9.17) is 0 Å². The zero-order chi connectivity index (χ0) is 13.8. The maximum absolute atomic E-state index is 13.1. The van der Waals surface area contributed by atoms with Gasteiger partial charge in [0.05, 0.1) is 6.07 Å². The van der Waals surface area contributed by atoms with Crippen molar-refractivity contribution < 1.29 is 4.39 Å². The van der Waals surface area contributed by atoms with Gasteiger partial charge < -0.3 is 5.32 Å². The number of anilines is 1. The molecular weight excluding hydrogens is 307 g/mol. The molecule has 0 saturated heterocycles. The number of hydrogen-bond donors (Lipinski definition) is 1. The first-order valence-corrected chi connectivity index (χ1v) is 6.58. The van der Waals surface area contributed by atoms with Gasteiger partial charge in [0.2, 0.25) is 0 Å². The Morgan fingerprint density at radius 3 is 2.63 bits per heavy atom. The Hall–Kier alpha value is -1.86. The summed E-state index contributed by atoms with van der Waals surface area (Å²) >= 11 is 3.29. The van der Waals surface area contributed by atoms with Crippen LogP contribution in [-0.4, -0.2) is 0 Å². The monoisotopic (exact) mass is 318 g/mol. The molecule has 1 atom stereocenters. The second-order valence-corrected chi connectivity index (χ2v) is 5.04. The zero-order valence-electron chi connectivity index (χ0n) is 10.3. The summed E-state index contributed by atoms with van der Waals surface area (Å²) in [6.45, 7) is 1.97. The fourth-order valence-electron chi connectivity index (χ4n) is 1.81. The number of aryl methyl sites for hydroxylation is 1. The molecule has 2 aromatic carbocycles. The largest absolute Gasteiger partial charge is 0.366 e. The molecule has 0 aliphatic rings.